The van der Waals surface area contributed by atoms with Gasteiger partial charge in [0.05, 0.1) is 12.1 Å². The van der Waals surface area contributed by atoms with Crippen LogP contribution in [0.5, 0.6) is 5.75 Å². The summed E-state index contributed by atoms with van der Waals surface area (Å²) in [4.78, 5) is 34.6. The number of aliphatic hydroxyl groups is 1. The van der Waals surface area contributed by atoms with Crippen LogP contribution in [0, 0.1) is 5.92 Å². The van der Waals surface area contributed by atoms with Crippen molar-refractivity contribution >= 4 is 22.7 Å². The highest BCUT2D eigenvalue weighted by molar-refractivity contribution is 5.86. The highest BCUT2D eigenvalue weighted by atomic mass is 16.5. The Bertz CT molecular complexity index is 1510. The van der Waals surface area contributed by atoms with Crippen LogP contribution in [-0.4, -0.2) is 83.7 Å². The van der Waals surface area contributed by atoms with Crippen LogP contribution >= 0.6 is 0 Å². The summed E-state index contributed by atoms with van der Waals surface area (Å²) in [6.45, 7) is 2.17. The van der Waals surface area contributed by atoms with Gasteiger partial charge in [0.1, 0.15) is 18.5 Å². The number of rotatable bonds is 17. The minimum atomic E-state index is -0.649. The van der Waals surface area contributed by atoms with Gasteiger partial charge in [0, 0.05) is 37.1 Å². The van der Waals surface area contributed by atoms with Gasteiger partial charge >= 0.3 is 0 Å². The number of aromatic nitrogens is 1. The lowest BCUT2D eigenvalue weighted by Crippen LogP contribution is -2.47. The van der Waals surface area contributed by atoms with Crippen LogP contribution in [-0.2, 0) is 22.4 Å². The number of piperidine rings is 1. The monoisotopic (exact) mass is 650 g/mol. The van der Waals surface area contributed by atoms with Gasteiger partial charge < -0.3 is 25.0 Å². The van der Waals surface area contributed by atoms with E-state index in [1.54, 1.807) is 18.1 Å². The van der Waals surface area contributed by atoms with Gasteiger partial charge in [-0.05, 0) is 99.8 Å². The van der Waals surface area contributed by atoms with E-state index in [1.807, 2.05) is 42.5 Å². The van der Waals surface area contributed by atoms with E-state index in [0.717, 1.165) is 62.5 Å². The molecule has 1 fully saturated rings. The van der Waals surface area contributed by atoms with Crippen molar-refractivity contribution in [3.63, 3.8) is 0 Å². The molecular formula is C40H50N4O4. The molecule has 0 unspecified atom stereocenters. The van der Waals surface area contributed by atoms with E-state index in [9.17, 15) is 14.7 Å². The van der Waals surface area contributed by atoms with Gasteiger partial charge in [0.2, 0.25) is 11.8 Å². The zero-order valence-electron chi connectivity index (χ0n) is 28.2. The first-order valence-corrected chi connectivity index (χ1v) is 17.4. The number of fused-ring (bicyclic) bond motifs is 1. The summed E-state index contributed by atoms with van der Waals surface area (Å²) in [5.74, 6) is 0.505. The summed E-state index contributed by atoms with van der Waals surface area (Å²) in [5, 5.41) is 14.9. The van der Waals surface area contributed by atoms with Crippen molar-refractivity contribution in [2.75, 3.05) is 39.8 Å². The number of aryl methyl sites for hydroxylation is 2. The van der Waals surface area contributed by atoms with Crippen molar-refractivity contribution in [1.29, 1.82) is 0 Å². The van der Waals surface area contributed by atoms with Crippen LogP contribution in [0.2, 0.25) is 0 Å². The molecule has 0 radical (unpaired) electrons. The molecule has 1 saturated heterocycles. The second-order valence-corrected chi connectivity index (χ2v) is 13.1. The Morgan fingerprint density at radius 3 is 2.19 bits per heavy atom. The van der Waals surface area contributed by atoms with Crippen LogP contribution in [0.3, 0.4) is 0 Å². The van der Waals surface area contributed by atoms with Gasteiger partial charge in [0.25, 0.3) is 0 Å². The first-order valence-electron chi connectivity index (χ1n) is 17.4. The van der Waals surface area contributed by atoms with E-state index < -0.39 is 6.10 Å². The number of aliphatic hydroxyl groups excluding tert-OH is 1. The van der Waals surface area contributed by atoms with E-state index in [0.29, 0.717) is 25.1 Å². The molecule has 1 aliphatic rings. The highest BCUT2D eigenvalue weighted by Gasteiger charge is 2.29. The van der Waals surface area contributed by atoms with E-state index >= 15 is 0 Å². The van der Waals surface area contributed by atoms with Gasteiger partial charge in [0.15, 0.2) is 0 Å². The third-order valence-corrected chi connectivity index (χ3v) is 9.29. The molecule has 2 heterocycles. The highest BCUT2D eigenvalue weighted by Crippen LogP contribution is 2.24. The molecule has 2 N–H and O–H groups in total. The summed E-state index contributed by atoms with van der Waals surface area (Å²) in [6.07, 6.45) is 8.27. The average molecular weight is 651 g/mol. The Morgan fingerprint density at radius 1 is 0.896 bits per heavy atom. The molecule has 8 heteroatoms. The van der Waals surface area contributed by atoms with Crippen molar-refractivity contribution < 1.29 is 19.4 Å². The maximum absolute atomic E-state index is 13.3. The van der Waals surface area contributed by atoms with Crippen LogP contribution in [0.4, 0.5) is 0 Å². The van der Waals surface area contributed by atoms with Crippen molar-refractivity contribution in [3.8, 4) is 5.75 Å². The number of amides is 2. The molecule has 5 rings (SSSR count). The van der Waals surface area contributed by atoms with Crippen molar-refractivity contribution in [2.45, 2.75) is 63.5 Å². The van der Waals surface area contributed by atoms with E-state index in [1.165, 1.54) is 11.1 Å². The minimum absolute atomic E-state index is 0.0166. The molecule has 254 valence electrons. The molecule has 1 aromatic heterocycles. The predicted molar refractivity (Wildman–Crippen MR) is 191 cm³/mol. The number of likely N-dealkylation sites (tertiary alicyclic amines) is 1. The Kier molecular flexibility index (Phi) is 13.4. The number of benzene rings is 3. The molecule has 4 aromatic rings. The largest absolute Gasteiger partial charge is 0.490 e. The number of ether oxygens (including phenoxy) is 1. The lowest BCUT2D eigenvalue weighted by molar-refractivity contribution is -0.139. The maximum Gasteiger partial charge on any atom is 0.239 e. The number of pyridine rings is 1. The molecule has 1 aliphatic heterocycles. The molecule has 2 amide bonds. The summed E-state index contributed by atoms with van der Waals surface area (Å²) < 4.78 is 5.95. The number of hydrogen-bond acceptors (Lipinski definition) is 6. The summed E-state index contributed by atoms with van der Waals surface area (Å²) in [7, 11) is 1.73. The number of β-amino-alcohol motifs (C(OH)–C–C–N with tert-alkyl or cyclic N) is 1. The number of nitrogens with zero attached hydrogens (tertiary/aromatic N) is 3. The standard InChI is InChI=1S/C40H50N4O4/c1-43(29-39(46)42-34(18-8-16-31-12-4-2-5-13-31)19-9-17-32-14-6-3-7-15-32)40(47)33-23-26-44(27-24-33)28-35(45)30-48-38-22-10-21-37-36(38)20-11-25-41-37/h2-7,10-15,20-22,25,33-35,45H,8-9,16-19,23-24,26-30H2,1H3,(H,42,46)/t35-/m0/s1. The second-order valence-electron chi connectivity index (χ2n) is 13.1. The number of nitrogens with one attached hydrogen (secondary N) is 1. The Balaban J connectivity index is 1.03. The molecule has 3 aromatic carbocycles. The van der Waals surface area contributed by atoms with Gasteiger partial charge in [-0.3, -0.25) is 14.6 Å². The quantitative estimate of drug-likeness (QED) is 0.153. The topological polar surface area (TPSA) is 95.0 Å². The molecular weight excluding hydrogens is 600 g/mol. The summed E-state index contributed by atoms with van der Waals surface area (Å²) in [5.41, 5.74) is 3.48. The average Bonchev–Trinajstić information content (AvgIpc) is 3.11. The zero-order chi connectivity index (χ0) is 33.6. The smallest absolute Gasteiger partial charge is 0.239 e. The lowest BCUT2D eigenvalue weighted by atomic mass is 9.95. The molecule has 1 atom stereocenters. The fourth-order valence-electron chi connectivity index (χ4n) is 6.66. The second kappa shape index (κ2) is 18.3. The SMILES string of the molecule is CN(CC(=O)NC(CCCc1ccccc1)CCCc1ccccc1)C(=O)C1CCN(C[C@H](O)COc2cccc3ncccc23)CC1. The third-order valence-electron chi connectivity index (χ3n) is 9.29. The molecule has 48 heavy (non-hydrogen) atoms. The fraction of sp³-hybridized carbons (Fsp3) is 0.425. The van der Waals surface area contributed by atoms with Gasteiger partial charge in [-0.25, -0.2) is 0 Å². The number of likely N-dealkylation sites (N-methyl/N-ethyl adjacent to an activating group) is 1. The van der Waals surface area contributed by atoms with E-state index in [-0.39, 0.29) is 36.9 Å². The van der Waals surface area contributed by atoms with Crippen molar-refractivity contribution in [3.05, 3.63) is 108 Å². The van der Waals surface area contributed by atoms with Gasteiger partial charge in [-0.1, -0.05) is 66.7 Å². The van der Waals surface area contributed by atoms with Crippen LogP contribution in [0.1, 0.15) is 49.7 Å². The molecule has 0 spiro atoms. The number of carbonyl (C=O) groups excluding carboxylic acids is 2. The zero-order valence-corrected chi connectivity index (χ0v) is 28.2. The summed E-state index contributed by atoms with van der Waals surface area (Å²) in [6, 6.07) is 30.6. The third kappa shape index (κ3) is 10.9. The molecule has 8 nitrogen and oxygen atoms in total. The molecule has 0 saturated carbocycles. The maximum atomic E-state index is 13.3. The minimum Gasteiger partial charge on any atom is -0.490 e. The molecule has 0 bridgehead atoms. The predicted octanol–water partition coefficient (Wildman–Crippen LogP) is 5.68. The van der Waals surface area contributed by atoms with E-state index in [4.69, 9.17) is 4.74 Å². The van der Waals surface area contributed by atoms with Crippen LogP contribution in [0.25, 0.3) is 10.9 Å². The summed E-state index contributed by atoms with van der Waals surface area (Å²) >= 11 is 0. The van der Waals surface area contributed by atoms with E-state index in [2.05, 4.69) is 63.7 Å². The van der Waals surface area contributed by atoms with Crippen molar-refractivity contribution in [2.24, 2.45) is 5.92 Å². The normalized spacial score (nSPS) is 14.6. The molecule has 0 aliphatic carbocycles. The Morgan fingerprint density at radius 2 is 1.54 bits per heavy atom. The first-order chi connectivity index (χ1) is 23.4. The number of hydrogen-bond donors (Lipinski definition) is 2. The fourth-order valence-corrected chi connectivity index (χ4v) is 6.66. The van der Waals surface area contributed by atoms with Gasteiger partial charge in [-0.15, -0.1) is 0 Å². The van der Waals surface area contributed by atoms with Crippen LogP contribution < -0.4 is 10.1 Å². The Hall–Kier alpha value is -4.27. The van der Waals surface area contributed by atoms with Crippen LogP contribution in [0.15, 0.2) is 97.2 Å². The Labute approximate surface area is 285 Å². The lowest BCUT2D eigenvalue weighted by Gasteiger charge is -2.34. The first kappa shape index (κ1) is 35.0. The van der Waals surface area contributed by atoms with Gasteiger partial charge in [-0.2, -0.15) is 0 Å². The number of carbonyl (C=O) groups is 2. The van der Waals surface area contributed by atoms with Crippen molar-refractivity contribution in [1.82, 2.24) is 20.1 Å².